The molecule has 0 aliphatic carbocycles. The highest BCUT2D eigenvalue weighted by atomic mass is 16.5. The van der Waals surface area contributed by atoms with Crippen molar-refractivity contribution < 1.29 is 14.3 Å². The third kappa shape index (κ3) is 4.77. The second-order valence-corrected chi connectivity index (χ2v) is 6.47. The van der Waals surface area contributed by atoms with Crippen molar-refractivity contribution in [3.05, 3.63) is 35.9 Å². The lowest BCUT2D eigenvalue weighted by molar-refractivity contribution is -0.130. The summed E-state index contributed by atoms with van der Waals surface area (Å²) in [5, 5.41) is 6.21. The summed E-state index contributed by atoms with van der Waals surface area (Å²) in [6.45, 7) is 7.22. The number of benzene rings is 1. The Kier molecular flexibility index (Phi) is 6.20. The zero-order chi connectivity index (χ0) is 16.8. The molecule has 3 rings (SSSR count). The molecule has 6 nitrogen and oxygen atoms in total. The number of hydrogen-bond donors (Lipinski definition) is 2. The second kappa shape index (κ2) is 8.58. The molecule has 2 aliphatic rings. The Morgan fingerprint density at radius 1 is 1.29 bits per heavy atom. The Morgan fingerprint density at radius 3 is 2.92 bits per heavy atom. The van der Waals surface area contributed by atoms with E-state index in [9.17, 15) is 4.79 Å². The van der Waals surface area contributed by atoms with Crippen LogP contribution in [0, 0.1) is 0 Å². The molecule has 1 aromatic carbocycles. The average Bonchev–Trinajstić information content (AvgIpc) is 2.61. The summed E-state index contributed by atoms with van der Waals surface area (Å²) in [4.78, 5) is 14.7. The van der Waals surface area contributed by atoms with E-state index in [1.54, 1.807) is 0 Å². The number of rotatable bonds is 5. The van der Waals surface area contributed by atoms with E-state index in [1.165, 1.54) is 5.56 Å². The Labute approximate surface area is 143 Å². The van der Waals surface area contributed by atoms with Gasteiger partial charge < -0.3 is 20.1 Å². The van der Waals surface area contributed by atoms with Crippen molar-refractivity contribution in [3.8, 4) is 0 Å². The lowest BCUT2D eigenvalue weighted by Crippen LogP contribution is -2.57. The molecule has 3 atom stereocenters. The summed E-state index contributed by atoms with van der Waals surface area (Å²) >= 11 is 0. The van der Waals surface area contributed by atoms with Crippen molar-refractivity contribution in [2.75, 3.05) is 39.4 Å². The molecule has 2 heterocycles. The first kappa shape index (κ1) is 17.4. The Morgan fingerprint density at radius 2 is 2.12 bits per heavy atom. The fraction of sp³-hybridized carbons (Fsp3) is 0.611. The average molecular weight is 333 g/mol. The molecule has 2 saturated heterocycles. The molecule has 132 valence electrons. The van der Waals surface area contributed by atoms with Crippen LogP contribution in [0.4, 0.5) is 0 Å². The van der Waals surface area contributed by atoms with E-state index in [0.717, 1.165) is 19.6 Å². The van der Waals surface area contributed by atoms with E-state index in [0.29, 0.717) is 26.3 Å². The van der Waals surface area contributed by atoms with Crippen LogP contribution in [0.5, 0.6) is 0 Å². The van der Waals surface area contributed by atoms with E-state index in [-0.39, 0.29) is 24.2 Å². The quantitative estimate of drug-likeness (QED) is 0.816. The van der Waals surface area contributed by atoms with Crippen LogP contribution in [0.2, 0.25) is 0 Å². The molecule has 1 unspecified atom stereocenters. The highest BCUT2D eigenvalue weighted by Gasteiger charge is 2.29. The van der Waals surface area contributed by atoms with Gasteiger partial charge in [-0.2, -0.15) is 0 Å². The third-order valence-corrected chi connectivity index (χ3v) is 4.57. The predicted octanol–water partition coefficient (Wildman–Crippen LogP) is 0.381. The number of amides is 1. The molecule has 0 spiro atoms. The summed E-state index contributed by atoms with van der Waals surface area (Å²) in [5.74, 6) is -0.00835. The van der Waals surface area contributed by atoms with E-state index in [2.05, 4.69) is 39.8 Å². The molecule has 2 N–H and O–H groups in total. The summed E-state index contributed by atoms with van der Waals surface area (Å²) in [6, 6.07) is 10.2. The van der Waals surface area contributed by atoms with Gasteiger partial charge in [-0.15, -0.1) is 0 Å². The first-order chi connectivity index (χ1) is 11.7. The predicted molar refractivity (Wildman–Crippen MR) is 91.7 cm³/mol. The monoisotopic (exact) mass is 333 g/mol. The topological polar surface area (TPSA) is 62.8 Å². The van der Waals surface area contributed by atoms with Crippen molar-refractivity contribution in [2.24, 2.45) is 0 Å². The Balaban J connectivity index is 1.44. The third-order valence-electron chi connectivity index (χ3n) is 4.57. The van der Waals surface area contributed by atoms with Gasteiger partial charge in [-0.05, 0) is 12.5 Å². The molecule has 2 aliphatic heterocycles. The van der Waals surface area contributed by atoms with E-state index >= 15 is 0 Å². The first-order valence-corrected chi connectivity index (χ1v) is 8.73. The smallest absolute Gasteiger partial charge is 0.239 e. The number of carbonyl (C=O) groups is 1. The van der Waals surface area contributed by atoms with Crippen molar-refractivity contribution >= 4 is 5.91 Å². The molecule has 2 fully saturated rings. The van der Waals surface area contributed by atoms with Gasteiger partial charge in [0.1, 0.15) is 6.04 Å². The van der Waals surface area contributed by atoms with Crippen molar-refractivity contribution in [2.45, 2.75) is 31.7 Å². The van der Waals surface area contributed by atoms with Gasteiger partial charge in [-0.1, -0.05) is 30.3 Å². The maximum atomic E-state index is 12.3. The van der Waals surface area contributed by atoms with Gasteiger partial charge in [0, 0.05) is 32.7 Å². The van der Waals surface area contributed by atoms with Gasteiger partial charge in [-0.3, -0.25) is 9.69 Å². The van der Waals surface area contributed by atoms with Gasteiger partial charge in [0.2, 0.25) is 5.91 Å². The minimum atomic E-state index is -0.275. The fourth-order valence-electron chi connectivity index (χ4n) is 3.24. The van der Waals surface area contributed by atoms with Gasteiger partial charge in [0.15, 0.2) is 0 Å². The van der Waals surface area contributed by atoms with Crippen molar-refractivity contribution in [3.63, 3.8) is 0 Å². The number of carbonyl (C=O) groups excluding carboxylic acids is 1. The van der Waals surface area contributed by atoms with Gasteiger partial charge in [-0.25, -0.2) is 0 Å². The largest absolute Gasteiger partial charge is 0.375 e. The van der Waals surface area contributed by atoms with Crippen LogP contribution in [-0.2, 0) is 20.8 Å². The molecule has 0 aromatic heterocycles. The summed E-state index contributed by atoms with van der Waals surface area (Å²) in [5.41, 5.74) is 1.31. The van der Waals surface area contributed by atoms with E-state index in [1.807, 2.05) is 13.0 Å². The Bertz CT molecular complexity index is 526. The Hall–Kier alpha value is -1.47. The number of hydrogen-bond acceptors (Lipinski definition) is 5. The van der Waals surface area contributed by atoms with E-state index in [4.69, 9.17) is 9.47 Å². The highest BCUT2D eigenvalue weighted by molar-refractivity contribution is 5.82. The maximum Gasteiger partial charge on any atom is 0.239 e. The molecule has 0 radical (unpaired) electrons. The normalized spacial score (nSPS) is 28.5. The van der Waals surface area contributed by atoms with Crippen LogP contribution >= 0.6 is 0 Å². The van der Waals surface area contributed by atoms with Crippen LogP contribution in [0.25, 0.3) is 0 Å². The summed E-state index contributed by atoms with van der Waals surface area (Å²) in [6.07, 6.45) is -0.0631. The highest BCUT2D eigenvalue weighted by Crippen LogP contribution is 2.10. The van der Waals surface area contributed by atoms with Gasteiger partial charge >= 0.3 is 0 Å². The van der Waals surface area contributed by atoms with Crippen molar-refractivity contribution in [1.82, 2.24) is 15.5 Å². The van der Waals surface area contributed by atoms with E-state index < -0.39 is 0 Å². The van der Waals surface area contributed by atoms with Gasteiger partial charge in [0.25, 0.3) is 0 Å². The fourth-order valence-corrected chi connectivity index (χ4v) is 3.24. The minimum Gasteiger partial charge on any atom is -0.375 e. The zero-order valence-corrected chi connectivity index (χ0v) is 14.2. The number of morpholine rings is 2. The maximum absolute atomic E-state index is 12.3. The second-order valence-electron chi connectivity index (χ2n) is 6.47. The van der Waals surface area contributed by atoms with Crippen molar-refractivity contribution in [1.29, 1.82) is 0 Å². The molecule has 1 amide bonds. The zero-order valence-electron chi connectivity index (χ0n) is 14.2. The lowest BCUT2D eigenvalue weighted by Gasteiger charge is -2.34. The number of nitrogens with one attached hydrogen (secondary N) is 2. The number of ether oxygens (including phenoxy) is 2. The minimum absolute atomic E-state index is 0.00835. The molecular weight excluding hydrogens is 306 g/mol. The number of nitrogens with zero attached hydrogens (tertiary/aromatic N) is 1. The SMILES string of the molecule is C[C@H]1OCCN[C@@H]1C(=O)NCC1CN(Cc2ccccc2)CCO1. The van der Waals surface area contributed by atoms with Crippen LogP contribution in [0.1, 0.15) is 12.5 Å². The first-order valence-electron chi connectivity index (χ1n) is 8.73. The van der Waals surface area contributed by atoms with Crippen LogP contribution in [0.3, 0.4) is 0 Å². The molecular formula is C18H27N3O3. The molecule has 6 heteroatoms. The molecule has 24 heavy (non-hydrogen) atoms. The standard InChI is InChI=1S/C18H27N3O3/c1-14-17(19-7-9-23-14)18(22)20-11-16-13-21(8-10-24-16)12-15-5-3-2-4-6-15/h2-6,14,16-17,19H,7-13H2,1H3,(H,20,22)/t14-,16?,17+/m1/s1. The lowest BCUT2D eigenvalue weighted by atomic mass is 10.1. The summed E-state index contributed by atoms with van der Waals surface area (Å²) in [7, 11) is 0. The van der Waals surface area contributed by atoms with Crippen LogP contribution < -0.4 is 10.6 Å². The van der Waals surface area contributed by atoms with Crippen LogP contribution in [-0.4, -0.2) is 68.4 Å². The van der Waals surface area contributed by atoms with Gasteiger partial charge in [0.05, 0.1) is 25.4 Å². The van der Waals surface area contributed by atoms with Crippen LogP contribution in [0.15, 0.2) is 30.3 Å². The molecule has 0 saturated carbocycles. The molecule has 0 bridgehead atoms. The summed E-state index contributed by atoms with van der Waals surface area (Å²) < 4.78 is 11.3. The molecule has 1 aromatic rings.